The number of carbonyl (C=O) groups is 2. The van der Waals surface area contributed by atoms with Crippen LogP contribution >= 0.6 is 0 Å². The second kappa shape index (κ2) is 4.45. The minimum absolute atomic E-state index is 0.436. The highest BCUT2D eigenvalue weighted by molar-refractivity contribution is 5.93. The van der Waals surface area contributed by atoms with E-state index in [4.69, 9.17) is 15.9 Å². The zero-order valence-corrected chi connectivity index (χ0v) is 6.06. The molecule has 0 heterocycles. The molecule has 6 nitrogen and oxygen atoms in total. The van der Waals surface area contributed by atoms with Gasteiger partial charge in [-0.3, -0.25) is 14.4 Å². The maximum absolute atomic E-state index is 10.2. The number of aliphatic carboxylic acids is 2. The summed E-state index contributed by atoms with van der Waals surface area (Å²) < 4.78 is 0. The average molecular weight is 174 g/mol. The Morgan fingerprint density at radius 2 is 1.75 bits per heavy atom. The number of carboxylic acid groups (broad SMARTS) is 2. The Balaban J connectivity index is 4.23. The summed E-state index contributed by atoms with van der Waals surface area (Å²) in [6.07, 6.45) is 0.870. The third kappa shape index (κ3) is 3.11. The van der Waals surface area contributed by atoms with Crippen LogP contribution in [0.1, 0.15) is 6.42 Å². The Morgan fingerprint density at radius 3 is 2.00 bits per heavy atom. The van der Waals surface area contributed by atoms with E-state index >= 15 is 0 Å². The van der Waals surface area contributed by atoms with Crippen molar-refractivity contribution in [2.75, 3.05) is 0 Å². The van der Waals surface area contributed by atoms with Gasteiger partial charge in [0.15, 0.2) is 5.92 Å². The molecule has 0 saturated heterocycles. The topological polar surface area (TPSA) is 118 Å². The van der Waals surface area contributed by atoms with Crippen LogP contribution in [0.3, 0.4) is 0 Å². The van der Waals surface area contributed by atoms with E-state index in [2.05, 4.69) is 0 Å². The first-order valence-corrected chi connectivity index (χ1v) is 3.08. The predicted octanol–water partition coefficient (Wildman–Crippen LogP) is -1.40. The van der Waals surface area contributed by atoms with Crippen LogP contribution < -0.4 is 5.73 Å². The van der Waals surface area contributed by atoms with Gasteiger partial charge in [-0.15, -0.1) is 0 Å². The third-order valence-corrected chi connectivity index (χ3v) is 1.24. The minimum atomic E-state index is -1.64. The molecule has 0 bridgehead atoms. The van der Waals surface area contributed by atoms with Gasteiger partial charge in [-0.1, -0.05) is 0 Å². The highest BCUT2D eigenvalue weighted by Gasteiger charge is 2.27. The second-order valence-electron chi connectivity index (χ2n) is 2.19. The third-order valence-electron chi connectivity index (χ3n) is 1.24. The molecule has 1 radical (unpaired) electrons. The van der Waals surface area contributed by atoms with Gasteiger partial charge in [0.25, 0.3) is 0 Å². The van der Waals surface area contributed by atoms with Crippen molar-refractivity contribution in [3.05, 3.63) is 0 Å². The van der Waals surface area contributed by atoms with E-state index in [0.29, 0.717) is 0 Å². The molecule has 1 atom stereocenters. The molecule has 0 aliphatic rings. The van der Waals surface area contributed by atoms with Gasteiger partial charge in [-0.05, 0) is 6.42 Å². The molecule has 0 unspecified atom stereocenters. The zero-order valence-electron chi connectivity index (χ0n) is 6.06. The highest BCUT2D eigenvalue weighted by atomic mass is 16.4. The van der Waals surface area contributed by atoms with E-state index in [-0.39, 0.29) is 0 Å². The van der Waals surface area contributed by atoms with E-state index in [9.17, 15) is 14.4 Å². The Kier molecular flexibility index (Phi) is 3.92. The zero-order chi connectivity index (χ0) is 9.72. The fourth-order valence-electron chi connectivity index (χ4n) is 0.609. The first kappa shape index (κ1) is 10.6. The van der Waals surface area contributed by atoms with Gasteiger partial charge in [0.05, 0.1) is 6.04 Å². The van der Waals surface area contributed by atoms with Crippen molar-refractivity contribution in [2.45, 2.75) is 12.5 Å². The number of carboxylic acids is 2. The van der Waals surface area contributed by atoms with E-state index < -0.39 is 30.3 Å². The van der Waals surface area contributed by atoms with Crippen LogP contribution in [0.2, 0.25) is 0 Å². The second-order valence-corrected chi connectivity index (χ2v) is 2.19. The van der Waals surface area contributed by atoms with Crippen molar-refractivity contribution in [2.24, 2.45) is 11.7 Å². The minimum Gasteiger partial charge on any atom is -0.481 e. The SMILES string of the molecule is N[C@H]([C]=O)CC(C(=O)O)C(=O)O. The predicted molar refractivity (Wildman–Crippen MR) is 37.0 cm³/mol. The van der Waals surface area contributed by atoms with E-state index in [1.165, 1.54) is 6.29 Å². The lowest BCUT2D eigenvalue weighted by Crippen LogP contribution is -2.32. The molecule has 12 heavy (non-hydrogen) atoms. The summed E-state index contributed by atoms with van der Waals surface area (Å²) in [5, 5.41) is 16.6. The molecule has 0 aromatic heterocycles. The molecule has 0 amide bonds. The molecular formula is C6H8NO5. The fourth-order valence-corrected chi connectivity index (χ4v) is 0.609. The largest absolute Gasteiger partial charge is 0.481 e. The van der Waals surface area contributed by atoms with Crippen molar-refractivity contribution < 1.29 is 24.6 Å². The van der Waals surface area contributed by atoms with Crippen molar-refractivity contribution in [3.63, 3.8) is 0 Å². The number of rotatable bonds is 5. The van der Waals surface area contributed by atoms with Crippen LogP contribution in [-0.2, 0) is 14.4 Å². The highest BCUT2D eigenvalue weighted by Crippen LogP contribution is 2.04. The summed E-state index contributed by atoms with van der Waals surface area (Å²) in [4.78, 5) is 30.3. The van der Waals surface area contributed by atoms with Crippen LogP contribution in [0.5, 0.6) is 0 Å². The molecule has 0 spiro atoms. The maximum Gasteiger partial charge on any atom is 0.317 e. The van der Waals surface area contributed by atoms with Gasteiger partial charge in [0.1, 0.15) is 0 Å². The van der Waals surface area contributed by atoms with Crippen molar-refractivity contribution in [1.82, 2.24) is 0 Å². The van der Waals surface area contributed by atoms with Gasteiger partial charge < -0.3 is 15.9 Å². The quantitative estimate of drug-likeness (QED) is 0.441. The molecule has 4 N–H and O–H groups in total. The molecule has 67 valence electrons. The Labute approximate surface area is 68.0 Å². The van der Waals surface area contributed by atoms with Gasteiger partial charge in [0, 0.05) is 0 Å². The van der Waals surface area contributed by atoms with Crippen molar-refractivity contribution >= 4 is 18.2 Å². The Hall–Kier alpha value is -1.43. The first-order valence-electron chi connectivity index (χ1n) is 3.08. The van der Waals surface area contributed by atoms with E-state index in [1.54, 1.807) is 0 Å². The van der Waals surface area contributed by atoms with Crippen LogP contribution in [-0.4, -0.2) is 34.5 Å². The lowest BCUT2D eigenvalue weighted by atomic mass is 10.0. The van der Waals surface area contributed by atoms with Crippen LogP contribution in [0.25, 0.3) is 0 Å². The molecule has 0 aliphatic heterocycles. The first-order chi connectivity index (χ1) is 5.49. The van der Waals surface area contributed by atoms with Gasteiger partial charge in [-0.25, -0.2) is 0 Å². The summed E-state index contributed by atoms with van der Waals surface area (Å²) in [5.74, 6) is -4.65. The van der Waals surface area contributed by atoms with Crippen LogP contribution in [0.4, 0.5) is 0 Å². The molecule has 6 heteroatoms. The fraction of sp³-hybridized carbons (Fsp3) is 0.500. The number of hydrogen-bond donors (Lipinski definition) is 3. The lowest BCUT2D eigenvalue weighted by Gasteiger charge is -2.07. The van der Waals surface area contributed by atoms with Gasteiger partial charge in [0.2, 0.25) is 6.29 Å². The number of nitrogens with two attached hydrogens (primary N) is 1. The summed E-state index contributed by atoms with van der Waals surface area (Å²) >= 11 is 0. The van der Waals surface area contributed by atoms with E-state index in [1.807, 2.05) is 0 Å². The smallest absolute Gasteiger partial charge is 0.317 e. The van der Waals surface area contributed by atoms with E-state index in [0.717, 1.165) is 0 Å². The summed E-state index contributed by atoms with van der Waals surface area (Å²) in [6, 6.07) is -1.16. The lowest BCUT2D eigenvalue weighted by molar-refractivity contribution is -0.154. The van der Waals surface area contributed by atoms with Crippen molar-refractivity contribution in [3.8, 4) is 0 Å². The molecule has 0 saturated carbocycles. The van der Waals surface area contributed by atoms with Crippen LogP contribution in [0, 0.1) is 5.92 Å². The number of carbonyl (C=O) groups excluding carboxylic acids is 1. The van der Waals surface area contributed by atoms with Gasteiger partial charge >= 0.3 is 11.9 Å². The molecule has 0 fully saturated rings. The standard InChI is InChI=1S/C6H8NO5/c7-3(2-8)1-4(5(9)10)6(11)12/h3-4H,1,7H2,(H,9,10)(H,11,12)/t3-/m0/s1. The average Bonchev–Trinajstić information content (AvgIpc) is 1.98. The summed E-state index contributed by atoms with van der Waals surface area (Å²) in [7, 11) is 0. The molecule has 0 rings (SSSR count). The molecule has 0 aromatic carbocycles. The maximum atomic E-state index is 10.2. The monoisotopic (exact) mass is 174 g/mol. The molecule has 0 aromatic rings. The summed E-state index contributed by atoms with van der Waals surface area (Å²) in [6.45, 7) is 0. The summed E-state index contributed by atoms with van der Waals surface area (Å²) in [5.41, 5.74) is 5.00. The number of hydrogen-bond acceptors (Lipinski definition) is 4. The van der Waals surface area contributed by atoms with Crippen LogP contribution in [0.15, 0.2) is 0 Å². The Bertz CT molecular complexity index is 188. The normalized spacial score (nSPS) is 12.5. The Morgan fingerprint density at radius 1 is 1.33 bits per heavy atom. The molecular weight excluding hydrogens is 166 g/mol. The van der Waals surface area contributed by atoms with Crippen molar-refractivity contribution in [1.29, 1.82) is 0 Å². The molecule has 0 aliphatic carbocycles. The van der Waals surface area contributed by atoms with Gasteiger partial charge in [-0.2, -0.15) is 0 Å².